The molecule has 1 rings (SSSR count). The molecule has 1 heterocycles. The molecule has 6 heteroatoms. The van der Waals surface area contributed by atoms with Crippen LogP contribution in [0.25, 0.3) is 0 Å². The number of nitrogens with zero attached hydrogens (tertiary/aromatic N) is 2. The Morgan fingerprint density at radius 2 is 2.29 bits per heavy atom. The van der Waals surface area contributed by atoms with Gasteiger partial charge in [0.15, 0.2) is 0 Å². The highest BCUT2D eigenvalue weighted by atomic mass is 35.5. The van der Waals surface area contributed by atoms with Gasteiger partial charge in [0.25, 0.3) is 0 Å². The summed E-state index contributed by atoms with van der Waals surface area (Å²) in [5.41, 5.74) is 6.43. The second kappa shape index (κ2) is 7.45. The smallest absolute Gasteiger partial charge is 0.147 e. The van der Waals surface area contributed by atoms with Crippen LogP contribution in [0.3, 0.4) is 0 Å². The highest BCUT2D eigenvalue weighted by Crippen LogP contribution is 2.26. The molecule has 0 fully saturated rings. The minimum Gasteiger partial charge on any atom is -0.395 e. The van der Waals surface area contributed by atoms with Gasteiger partial charge in [-0.3, -0.25) is 0 Å². The number of hydrogen-bond donors (Lipinski definition) is 2. The fourth-order valence-corrected chi connectivity index (χ4v) is 1.80. The van der Waals surface area contributed by atoms with Crippen molar-refractivity contribution < 1.29 is 9.84 Å². The molecular weight excluding hydrogens is 242 g/mol. The number of aliphatic hydroxyl groups is 1. The van der Waals surface area contributed by atoms with Crippen LogP contribution < -0.4 is 10.6 Å². The van der Waals surface area contributed by atoms with Gasteiger partial charge < -0.3 is 20.5 Å². The highest BCUT2D eigenvalue weighted by Gasteiger charge is 2.13. The summed E-state index contributed by atoms with van der Waals surface area (Å²) >= 11 is 6.21. The van der Waals surface area contributed by atoms with Gasteiger partial charge in [0, 0.05) is 32.9 Å². The normalized spacial score (nSPS) is 10.6. The average Bonchev–Trinajstić information content (AvgIpc) is 2.35. The Balaban J connectivity index is 2.92. The van der Waals surface area contributed by atoms with Gasteiger partial charge in [-0.25, -0.2) is 4.98 Å². The van der Waals surface area contributed by atoms with Crippen molar-refractivity contribution in [1.82, 2.24) is 4.98 Å². The van der Waals surface area contributed by atoms with Crippen molar-refractivity contribution in [3.05, 3.63) is 22.8 Å². The van der Waals surface area contributed by atoms with Gasteiger partial charge in [-0.05, 0) is 11.6 Å². The van der Waals surface area contributed by atoms with E-state index in [0.29, 0.717) is 37.1 Å². The molecule has 3 N–H and O–H groups in total. The molecule has 0 unspecified atom stereocenters. The van der Waals surface area contributed by atoms with Gasteiger partial charge in [0.05, 0.1) is 18.2 Å². The first-order chi connectivity index (χ1) is 8.24. The summed E-state index contributed by atoms with van der Waals surface area (Å²) in [6.45, 7) is 2.03. The Bertz CT molecular complexity index is 349. The van der Waals surface area contributed by atoms with Crippen LogP contribution in [0.15, 0.2) is 12.3 Å². The lowest BCUT2D eigenvalue weighted by Gasteiger charge is -2.24. The van der Waals surface area contributed by atoms with Crippen molar-refractivity contribution in [3.8, 4) is 0 Å². The number of pyridine rings is 1. The van der Waals surface area contributed by atoms with Crippen LogP contribution in [0.2, 0.25) is 5.02 Å². The van der Waals surface area contributed by atoms with E-state index >= 15 is 0 Å². The summed E-state index contributed by atoms with van der Waals surface area (Å²) in [6.07, 6.45) is 1.67. The molecule has 0 atom stereocenters. The predicted octanol–water partition coefficient (Wildman–Crippen LogP) is 0.639. The third kappa shape index (κ3) is 3.81. The minimum atomic E-state index is 0.0363. The van der Waals surface area contributed by atoms with Crippen LogP contribution in [0.5, 0.6) is 0 Å². The molecule has 0 radical (unpaired) electrons. The summed E-state index contributed by atoms with van der Waals surface area (Å²) in [4.78, 5) is 6.11. The van der Waals surface area contributed by atoms with Crippen molar-refractivity contribution in [2.24, 2.45) is 5.73 Å². The molecule has 96 valence electrons. The van der Waals surface area contributed by atoms with Crippen LogP contribution >= 0.6 is 11.6 Å². The molecule has 1 aromatic heterocycles. The van der Waals surface area contributed by atoms with E-state index in [1.54, 1.807) is 19.4 Å². The molecule has 0 aliphatic heterocycles. The summed E-state index contributed by atoms with van der Waals surface area (Å²) < 4.78 is 5.02. The Labute approximate surface area is 106 Å². The molecule has 0 saturated carbocycles. The van der Waals surface area contributed by atoms with Gasteiger partial charge in [0.2, 0.25) is 0 Å². The van der Waals surface area contributed by atoms with Crippen molar-refractivity contribution in [2.75, 3.05) is 38.3 Å². The minimum absolute atomic E-state index is 0.0363. The van der Waals surface area contributed by atoms with Crippen molar-refractivity contribution >= 4 is 17.4 Å². The summed E-state index contributed by atoms with van der Waals surface area (Å²) in [7, 11) is 1.63. The maximum Gasteiger partial charge on any atom is 0.147 e. The molecular formula is C11H18ClN3O2. The quantitative estimate of drug-likeness (QED) is 0.752. The molecule has 0 aromatic carbocycles. The van der Waals surface area contributed by atoms with Crippen LogP contribution in [-0.2, 0) is 11.3 Å². The lowest BCUT2D eigenvalue weighted by molar-refractivity contribution is 0.202. The number of ether oxygens (including phenoxy) is 1. The Hall–Kier alpha value is -0.880. The van der Waals surface area contributed by atoms with Crippen LogP contribution in [-0.4, -0.2) is 43.5 Å². The molecule has 1 aromatic rings. The molecule has 0 saturated heterocycles. The monoisotopic (exact) mass is 259 g/mol. The van der Waals surface area contributed by atoms with Crippen molar-refractivity contribution in [3.63, 3.8) is 0 Å². The van der Waals surface area contributed by atoms with Crippen LogP contribution in [0, 0.1) is 0 Å². The maximum absolute atomic E-state index is 9.04. The Morgan fingerprint density at radius 1 is 1.53 bits per heavy atom. The van der Waals surface area contributed by atoms with E-state index in [4.69, 9.17) is 27.2 Å². The van der Waals surface area contributed by atoms with E-state index < -0.39 is 0 Å². The molecule has 5 nitrogen and oxygen atoms in total. The molecule has 17 heavy (non-hydrogen) atoms. The summed E-state index contributed by atoms with van der Waals surface area (Å²) in [5.74, 6) is 0.640. The molecule has 0 bridgehead atoms. The first-order valence-corrected chi connectivity index (χ1v) is 5.80. The zero-order valence-electron chi connectivity index (χ0n) is 9.90. The Kier molecular flexibility index (Phi) is 6.21. The number of nitrogens with two attached hydrogens (primary N) is 1. The SMILES string of the molecule is COCCN(CCO)c1nccc(CN)c1Cl. The first-order valence-electron chi connectivity index (χ1n) is 5.42. The van der Waals surface area contributed by atoms with Gasteiger partial charge >= 0.3 is 0 Å². The topological polar surface area (TPSA) is 71.6 Å². The second-order valence-corrected chi connectivity index (χ2v) is 3.89. The molecule has 0 amide bonds. The number of aliphatic hydroxyl groups excluding tert-OH is 1. The second-order valence-electron chi connectivity index (χ2n) is 3.52. The third-order valence-corrected chi connectivity index (χ3v) is 2.82. The van der Waals surface area contributed by atoms with Crippen LogP contribution in [0.4, 0.5) is 5.82 Å². The van der Waals surface area contributed by atoms with Gasteiger partial charge in [-0.2, -0.15) is 0 Å². The molecule has 0 aliphatic rings. The number of hydrogen-bond acceptors (Lipinski definition) is 5. The standard InChI is InChI=1S/C11H18ClN3O2/c1-17-7-5-15(4-6-16)11-10(12)9(8-13)2-3-14-11/h2-3,16H,4-8,13H2,1H3. The summed E-state index contributed by atoms with van der Waals surface area (Å²) in [5, 5.41) is 9.58. The molecule has 0 spiro atoms. The molecule has 0 aliphatic carbocycles. The van der Waals surface area contributed by atoms with E-state index in [-0.39, 0.29) is 6.61 Å². The highest BCUT2D eigenvalue weighted by molar-refractivity contribution is 6.33. The zero-order valence-corrected chi connectivity index (χ0v) is 10.7. The number of anilines is 1. The van der Waals surface area contributed by atoms with Gasteiger partial charge in [0.1, 0.15) is 5.82 Å². The number of aromatic nitrogens is 1. The van der Waals surface area contributed by atoms with Crippen LogP contribution in [0.1, 0.15) is 5.56 Å². The predicted molar refractivity (Wildman–Crippen MR) is 68.3 cm³/mol. The first kappa shape index (κ1) is 14.2. The lowest BCUT2D eigenvalue weighted by atomic mass is 10.2. The van der Waals surface area contributed by atoms with Crippen molar-refractivity contribution in [2.45, 2.75) is 6.54 Å². The number of rotatable bonds is 7. The fourth-order valence-electron chi connectivity index (χ4n) is 1.50. The Morgan fingerprint density at radius 3 is 2.88 bits per heavy atom. The number of methoxy groups -OCH3 is 1. The summed E-state index contributed by atoms with van der Waals surface area (Å²) in [6, 6.07) is 1.79. The zero-order chi connectivity index (χ0) is 12.7. The van der Waals surface area contributed by atoms with Gasteiger partial charge in [-0.15, -0.1) is 0 Å². The van der Waals surface area contributed by atoms with E-state index in [9.17, 15) is 0 Å². The average molecular weight is 260 g/mol. The lowest BCUT2D eigenvalue weighted by Crippen LogP contribution is -2.31. The van der Waals surface area contributed by atoms with Crippen molar-refractivity contribution in [1.29, 1.82) is 0 Å². The van der Waals surface area contributed by atoms with E-state index in [1.165, 1.54) is 0 Å². The fraction of sp³-hybridized carbons (Fsp3) is 0.545. The maximum atomic E-state index is 9.04. The van der Waals surface area contributed by atoms with Gasteiger partial charge in [-0.1, -0.05) is 11.6 Å². The van der Waals surface area contributed by atoms with E-state index in [2.05, 4.69) is 4.98 Å². The number of halogens is 1. The largest absolute Gasteiger partial charge is 0.395 e. The van der Waals surface area contributed by atoms with E-state index in [0.717, 1.165) is 5.56 Å². The van der Waals surface area contributed by atoms with E-state index in [1.807, 2.05) is 4.90 Å². The third-order valence-electron chi connectivity index (χ3n) is 2.41.